The van der Waals surface area contributed by atoms with Crippen molar-refractivity contribution in [2.75, 3.05) is 0 Å². The van der Waals surface area contributed by atoms with Gasteiger partial charge >= 0.3 is 0 Å². The fourth-order valence-electron chi connectivity index (χ4n) is 1.58. The number of aryl methyl sites for hydroxylation is 1. The molecule has 2 aromatic rings. The fourth-order valence-corrected chi connectivity index (χ4v) is 1.71. The molecule has 0 spiro atoms. The zero-order valence-corrected chi connectivity index (χ0v) is 10.9. The van der Waals surface area contributed by atoms with Gasteiger partial charge in [0.25, 0.3) is 0 Å². The Bertz CT molecular complexity index is 552. The maximum Gasteiger partial charge on any atom is 0.119 e. The van der Waals surface area contributed by atoms with E-state index in [1.165, 1.54) is 0 Å². The highest BCUT2D eigenvalue weighted by Crippen LogP contribution is 2.14. The van der Waals surface area contributed by atoms with E-state index in [4.69, 9.17) is 22.7 Å². The van der Waals surface area contributed by atoms with Crippen molar-refractivity contribution in [3.63, 3.8) is 0 Å². The monoisotopic (exact) mass is 258 g/mol. The number of thiocarbonyl (C=S) groups is 1. The molecule has 0 amide bonds. The third kappa shape index (κ3) is 3.28. The van der Waals surface area contributed by atoms with Gasteiger partial charge in [0.2, 0.25) is 0 Å². The van der Waals surface area contributed by atoms with Gasteiger partial charge in [-0.25, -0.2) is 0 Å². The van der Waals surface area contributed by atoms with Gasteiger partial charge in [-0.05, 0) is 42.8 Å². The van der Waals surface area contributed by atoms with Crippen molar-refractivity contribution in [2.45, 2.75) is 13.5 Å². The van der Waals surface area contributed by atoms with Gasteiger partial charge in [-0.1, -0.05) is 12.2 Å². The van der Waals surface area contributed by atoms with Gasteiger partial charge in [-0.2, -0.15) is 0 Å². The van der Waals surface area contributed by atoms with Gasteiger partial charge < -0.3 is 10.5 Å². The lowest BCUT2D eigenvalue weighted by atomic mass is 10.2. The summed E-state index contributed by atoms with van der Waals surface area (Å²) in [5.41, 5.74) is 8.54. The topological polar surface area (TPSA) is 48.1 Å². The highest BCUT2D eigenvalue weighted by molar-refractivity contribution is 7.80. The molecule has 92 valence electrons. The van der Waals surface area contributed by atoms with E-state index in [0.29, 0.717) is 11.6 Å². The fraction of sp³-hybridized carbons (Fsp3) is 0.143. The Morgan fingerprint density at radius 3 is 2.61 bits per heavy atom. The Morgan fingerprint density at radius 2 is 2.00 bits per heavy atom. The van der Waals surface area contributed by atoms with Crippen LogP contribution in [0.4, 0.5) is 0 Å². The number of pyridine rings is 1. The van der Waals surface area contributed by atoms with Gasteiger partial charge in [-0.3, -0.25) is 4.98 Å². The van der Waals surface area contributed by atoms with Gasteiger partial charge in [0.05, 0.1) is 0 Å². The number of ether oxygens (including phenoxy) is 1. The normalized spacial score (nSPS) is 10.1. The Morgan fingerprint density at radius 1 is 1.28 bits per heavy atom. The first-order chi connectivity index (χ1) is 8.65. The first kappa shape index (κ1) is 12.5. The lowest BCUT2D eigenvalue weighted by Gasteiger charge is -2.07. The van der Waals surface area contributed by atoms with Crippen LogP contribution >= 0.6 is 12.2 Å². The van der Waals surface area contributed by atoms with E-state index in [-0.39, 0.29) is 0 Å². The van der Waals surface area contributed by atoms with Crippen LogP contribution in [0.2, 0.25) is 0 Å². The second-order valence-corrected chi connectivity index (χ2v) is 4.49. The van der Waals surface area contributed by atoms with Crippen molar-refractivity contribution in [3.05, 3.63) is 59.4 Å². The van der Waals surface area contributed by atoms with Crippen molar-refractivity contribution >= 4 is 17.2 Å². The highest BCUT2D eigenvalue weighted by atomic mass is 32.1. The van der Waals surface area contributed by atoms with Crippen molar-refractivity contribution in [2.24, 2.45) is 5.73 Å². The Labute approximate surface area is 112 Å². The number of aromatic nitrogens is 1. The minimum Gasteiger partial charge on any atom is -0.489 e. The van der Waals surface area contributed by atoms with Crippen LogP contribution in [0.3, 0.4) is 0 Å². The van der Waals surface area contributed by atoms with Gasteiger partial charge in [0.15, 0.2) is 0 Å². The molecule has 0 aliphatic carbocycles. The molecule has 3 nitrogen and oxygen atoms in total. The molecule has 0 saturated heterocycles. The van der Waals surface area contributed by atoms with E-state index < -0.39 is 0 Å². The summed E-state index contributed by atoms with van der Waals surface area (Å²) in [5, 5.41) is 0. The summed E-state index contributed by atoms with van der Waals surface area (Å²) in [6, 6.07) is 9.48. The van der Waals surface area contributed by atoms with Crippen molar-refractivity contribution in [1.82, 2.24) is 4.98 Å². The Balaban J connectivity index is 2.00. The zero-order chi connectivity index (χ0) is 13.0. The molecule has 1 aromatic heterocycles. The third-order valence-electron chi connectivity index (χ3n) is 2.48. The van der Waals surface area contributed by atoms with Crippen molar-refractivity contribution < 1.29 is 4.74 Å². The first-order valence-electron chi connectivity index (χ1n) is 5.58. The van der Waals surface area contributed by atoms with Crippen LogP contribution in [0.25, 0.3) is 0 Å². The van der Waals surface area contributed by atoms with E-state index in [9.17, 15) is 0 Å². The van der Waals surface area contributed by atoms with Crippen LogP contribution < -0.4 is 10.5 Å². The zero-order valence-electron chi connectivity index (χ0n) is 10.1. The third-order valence-corrected chi connectivity index (χ3v) is 2.71. The van der Waals surface area contributed by atoms with Crippen LogP contribution in [-0.4, -0.2) is 9.97 Å². The molecule has 0 aliphatic heterocycles. The summed E-state index contributed by atoms with van der Waals surface area (Å²) in [7, 11) is 0. The minimum atomic E-state index is 0.393. The summed E-state index contributed by atoms with van der Waals surface area (Å²) < 4.78 is 5.66. The second kappa shape index (κ2) is 5.60. The molecule has 4 heteroatoms. The summed E-state index contributed by atoms with van der Waals surface area (Å²) in [6.07, 6.45) is 3.62. The molecule has 0 fully saturated rings. The van der Waals surface area contributed by atoms with Crippen LogP contribution in [0.5, 0.6) is 5.75 Å². The molecular weight excluding hydrogens is 244 g/mol. The van der Waals surface area contributed by atoms with Crippen LogP contribution in [0.15, 0.2) is 42.7 Å². The summed E-state index contributed by atoms with van der Waals surface area (Å²) in [6.45, 7) is 2.51. The quantitative estimate of drug-likeness (QED) is 0.856. The van der Waals surface area contributed by atoms with Crippen molar-refractivity contribution in [3.8, 4) is 5.75 Å². The van der Waals surface area contributed by atoms with E-state index in [1.807, 2.05) is 37.4 Å². The number of benzene rings is 1. The second-order valence-electron chi connectivity index (χ2n) is 4.05. The SMILES string of the molecule is Cc1cncc(COc2ccc(C(N)=S)cc2)c1. The van der Waals surface area contributed by atoms with E-state index in [2.05, 4.69) is 11.1 Å². The maximum atomic E-state index is 5.66. The molecule has 2 N–H and O–H groups in total. The van der Waals surface area contributed by atoms with Gasteiger partial charge in [0.1, 0.15) is 17.3 Å². The van der Waals surface area contributed by atoms with Crippen molar-refractivity contribution in [1.29, 1.82) is 0 Å². The van der Waals surface area contributed by atoms with Crippen LogP contribution in [0, 0.1) is 6.92 Å². The first-order valence-corrected chi connectivity index (χ1v) is 5.99. The average Bonchev–Trinajstić information content (AvgIpc) is 2.37. The summed E-state index contributed by atoms with van der Waals surface area (Å²) in [4.78, 5) is 4.51. The molecule has 1 heterocycles. The molecule has 0 bridgehead atoms. The maximum absolute atomic E-state index is 5.66. The van der Waals surface area contributed by atoms with E-state index in [1.54, 1.807) is 6.20 Å². The number of hydrogen-bond acceptors (Lipinski definition) is 3. The van der Waals surface area contributed by atoms with Crippen LogP contribution in [-0.2, 0) is 6.61 Å². The lowest BCUT2D eigenvalue weighted by molar-refractivity contribution is 0.305. The highest BCUT2D eigenvalue weighted by Gasteiger charge is 1.99. The molecule has 0 unspecified atom stereocenters. The number of rotatable bonds is 4. The average molecular weight is 258 g/mol. The van der Waals surface area contributed by atoms with E-state index >= 15 is 0 Å². The molecule has 0 radical (unpaired) electrons. The van der Waals surface area contributed by atoms with Crippen LogP contribution in [0.1, 0.15) is 16.7 Å². The lowest BCUT2D eigenvalue weighted by Crippen LogP contribution is -2.08. The Kier molecular flexibility index (Phi) is 3.89. The van der Waals surface area contributed by atoms with Gasteiger partial charge in [-0.15, -0.1) is 0 Å². The number of nitrogens with zero attached hydrogens (tertiary/aromatic N) is 1. The molecule has 2 rings (SSSR count). The Hall–Kier alpha value is -1.94. The summed E-state index contributed by atoms with van der Waals surface area (Å²) >= 11 is 4.89. The predicted molar refractivity (Wildman–Crippen MR) is 75.6 cm³/mol. The number of nitrogens with two attached hydrogens (primary N) is 1. The largest absolute Gasteiger partial charge is 0.489 e. The smallest absolute Gasteiger partial charge is 0.119 e. The molecular formula is C14H14N2OS. The predicted octanol–water partition coefficient (Wildman–Crippen LogP) is 2.60. The molecule has 0 saturated carbocycles. The molecule has 18 heavy (non-hydrogen) atoms. The molecule has 0 aliphatic rings. The van der Waals surface area contributed by atoms with E-state index in [0.717, 1.165) is 22.4 Å². The summed E-state index contributed by atoms with van der Waals surface area (Å²) in [5.74, 6) is 0.788. The minimum absolute atomic E-state index is 0.393. The van der Waals surface area contributed by atoms with Gasteiger partial charge in [0, 0.05) is 23.5 Å². The number of hydrogen-bond donors (Lipinski definition) is 1. The standard InChI is InChI=1S/C14H14N2OS/c1-10-6-11(8-16-7-10)9-17-13-4-2-12(3-5-13)14(15)18/h2-8H,9H2,1H3,(H2,15,18). The molecule has 0 atom stereocenters. The molecule has 1 aromatic carbocycles.